The summed E-state index contributed by atoms with van der Waals surface area (Å²) < 4.78 is 9.30. The van der Waals surface area contributed by atoms with Gasteiger partial charge in [0.1, 0.15) is 5.82 Å². The summed E-state index contributed by atoms with van der Waals surface area (Å²) in [4.78, 5) is 14.9. The highest BCUT2D eigenvalue weighted by Gasteiger charge is 2.26. The van der Waals surface area contributed by atoms with Crippen LogP contribution in [-0.2, 0) is 16.1 Å². The molecule has 2 aromatic rings. The predicted molar refractivity (Wildman–Crippen MR) is 101 cm³/mol. The first-order valence-electron chi connectivity index (χ1n) is 9.91. The van der Waals surface area contributed by atoms with Crippen molar-refractivity contribution in [1.29, 1.82) is 0 Å². The van der Waals surface area contributed by atoms with Gasteiger partial charge in [0, 0.05) is 44.7 Å². The zero-order chi connectivity index (χ0) is 18.5. The Kier molecular flexibility index (Phi) is 5.84. The number of carbonyl (C=O) groups is 1. The van der Waals surface area contributed by atoms with Crippen molar-refractivity contribution in [2.24, 2.45) is 5.92 Å². The Bertz CT molecular complexity index is 714. The molecule has 4 heterocycles. The molecule has 27 heavy (non-hydrogen) atoms. The number of hydrogen-bond donors (Lipinski definition) is 1. The minimum Gasteiger partial charge on any atom is -0.381 e. The van der Waals surface area contributed by atoms with Crippen molar-refractivity contribution < 1.29 is 9.53 Å². The topological polar surface area (TPSA) is 77.2 Å². The van der Waals surface area contributed by atoms with Crippen LogP contribution >= 0.6 is 0 Å². The highest BCUT2D eigenvalue weighted by atomic mass is 16.5. The SMILES string of the molecule is O=C(Nc1ccnn1C1CCN(CCCn2cccn2)CC1)C1CCOC1. The Morgan fingerprint density at radius 3 is 2.81 bits per heavy atom. The van der Waals surface area contributed by atoms with Gasteiger partial charge in [0.25, 0.3) is 0 Å². The van der Waals surface area contributed by atoms with Crippen molar-refractivity contribution in [3.63, 3.8) is 0 Å². The van der Waals surface area contributed by atoms with E-state index in [1.165, 1.54) is 0 Å². The fourth-order valence-corrected chi connectivity index (χ4v) is 3.95. The predicted octanol–water partition coefficient (Wildman–Crippen LogP) is 1.78. The highest BCUT2D eigenvalue weighted by molar-refractivity contribution is 5.92. The number of anilines is 1. The van der Waals surface area contributed by atoms with E-state index in [-0.39, 0.29) is 11.8 Å². The molecule has 1 amide bonds. The van der Waals surface area contributed by atoms with Gasteiger partial charge in [0.15, 0.2) is 0 Å². The summed E-state index contributed by atoms with van der Waals surface area (Å²) in [5, 5.41) is 11.8. The van der Waals surface area contributed by atoms with Gasteiger partial charge >= 0.3 is 0 Å². The van der Waals surface area contributed by atoms with Crippen LogP contribution in [0.25, 0.3) is 0 Å². The lowest BCUT2D eigenvalue weighted by atomic mass is 10.0. The number of nitrogens with one attached hydrogen (secondary N) is 1. The van der Waals surface area contributed by atoms with Crippen LogP contribution in [0.15, 0.2) is 30.7 Å². The zero-order valence-corrected chi connectivity index (χ0v) is 15.7. The minimum atomic E-state index is -0.0371. The van der Waals surface area contributed by atoms with Gasteiger partial charge < -0.3 is 15.0 Å². The second-order valence-electron chi connectivity index (χ2n) is 7.41. The third kappa shape index (κ3) is 4.56. The second kappa shape index (κ2) is 8.67. The van der Waals surface area contributed by atoms with Gasteiger partial charge in [-0.2, -0.15) is 10.2 Å². The molecule has 8 nitrogen and oxygen atoms in total. The van der Waals surface area contributed by atoms with Crippen molar-refractivity contribution in [3.8, 4) is 0 Å². The van der Waals surface area contributed by atoms with Gasteiger partial charge in [0.05, 0.1) is 24.8 Å². The van der Waals surface area contributed by atoms with E-state index in [4.69, 9.17) is 4.74 Å². The van der Waals surface area contributed by atoms with Crippen LogP contribution in [0, 0.1) is 5.92 Å². The largest absolute Gasteiger partial charge is 0.381 e. The normalized spacial score (nSPS) is 21.6. The number of amides is 1. The number of rotatable bonds is 7. The first-order valence-corrected chi connectivity index (χ1v) is 9.91. The lowest BCUT2D eigenvalue weighted by Gasteiger charge is -2.32. The van der Waals surface area contributed by atoms with Gasteiger partial charge in [-0.15, -0.1) is 0 Å². The molecule has 1 atom stereocenters. The molecule has 0 saturated carbocycles. The summed E-state index contributed by atoms with van der Waals surface area (Å²) in [6, 6.07) is 4.20. The Balaban J connectivity index is 1.24. The molecular formula is C19H28N6O2. The number of aryl methyl sites for hydroxylation is 1. The van der Waals surface area contributed by atoms with Crippen molar-refractivity contribution in [3.05, 3.63) is 30.7 Å². The Hall–Kier alpha value is -2.19. The number of nitrogens with zero attached hydrogens (tertiary/aromatic N) is 5. The number of ether oxygens (including phenoxy) is 1. The summed E-state index contributed by atoms with van der Waals surface area (Å²) in [6.45, 7) is 5.39. The summed E-state index contributed by atoms with van der Waals surface area (Å²) >= 11 is 0. The molecule has 2 aliphatic rings. The van der Waals surface area contributed by atoms with E-state index in [2.05, 4.69) is 20.4 Å². The highest BCUT2D eigenvalue weighted by Crippen LogP contribution is 2.26. The van der Waals surface area contributed by atoms with E-state index in [0.717, 1.165) is 57.7 Å². The third-order valence-electron chi connectivity index (χ3n) is 5.55. The van der Waals surface area contributed by atoms with Gasteiger partial charge in [0.2, 0.25) is 5.91 Å². The standard InChI is InChI=1S/C19H28N6O2/c26-19(16-6-14-27-15-16)22-18-3-8-21-25(18)17-4-12-23(13-5-17)9-2-11-24-10-1-7-20-24/h1,3,7-8,10,16-17H,2,4-6,9,11-15H2,(H,22,26). The van der Waals surface area contributed by atoms with Crippen LogP contribution in [0.3, 0.4) is 0 Å². The van der Waals surface area contributed by atoms with Crippen molar-refractivity contribution in [2.75, 3.05) is 38.2 Å². The zero-order valence-electron chi connectivity index (χ0n) is 15.7. The molecule has 0 radical (unpaired) electrons. The molecule has 0 spiro atoms. The number of likely N-dealkylation sites (tertiary alicyclic amines) is 1. The molecule has 0 aliphatic carbocycles. The van der Waals surface area contributed by atoms with E-state index < -0.39 is 0 Å². The molecule has 8 heteroatoms. The fraction of sp³-hybridized carbons (Fsp3) is 0.632. The van der Waals surface area contributed by atoms with E-state index in [9.17, 15) is 4.79 Å². The molecule has 0 aromatic carbocycles. The molecule has 2 fully saturated rings. The molecule has 0 bridgehead atoms. The molecule has 1 N–H and O–H groups in total. The Morgan fingerprint density at radius 1 is 1.19 bits per heavy atom. The van der Waals surface area contributed by atoms with Crippen LogP contribution in [0.4, 0.5) is 5.82 Å². The molecular weight excluding hydrogens is 344 g/mol. The van der Waals surface area contributed by atoms with Crippen molar-refractivity contribution in [2.45, 2.75) is 38.3 Å². The first-order chi connectivity index (χ1) is 13.3. The molecule has 2 saturated heterocycles. The average Bonchev–Trinajstić information content (AvgIpc) is 3.45. The smallest absolute Gasteiger partial charge is 0.231 e. The van der Waals surface area contributed by atoms with Crippen molar-refractivity contribution >= 4 is 11.7 Å². The molecule has 2 aliphatic heterocycles. The summed E-state index contributed by atoms with van der Waals surface area (Å²) in [5.74, 6) is 0.819. The van der Waals surface area contributed by atoms with Gasteiger partial charge in [-0.1, -0.05) is 0 Å². The lowest BCUT2D eigenvalue weighted by Crippen LogP contribution is -2.36. The van der Waals surface area contributed by atoms with Gasteiger partial charge in [-0.3, -0.25) is 9.48 Å². The number of hydrogen-bond acceptors (Lipinski definition) is 5. The Morgan fingerprint density at radius 2 is 2.07 bits per heavy atom. The van der Waals surface area contributed by atoms with E-state index in [1.54, 1.807) is 6.20 Å². The monoisotopic (exact) mass is 372 g/mol. The van der Waals surface area contributed by atoms with Gasteiger partial charge in [-0.25, -0.2) is 4.68 Å². The quantitative estimate of drug-likeness (QED) is 0.802. The molecule has 146 valence electrons. The summed E-state index contributed by atoms with van der Waals surface area (Å²) in [6.07, 6.45) is 9.63. The maximum atomic E-state index is 12.4. The number of carbonyl (C=O) groups excluding carboxylic acids is 1. The van der Waals surface area contributed by atoms with E-state index in [1.807, 2.05) is 33.9 Å². The van der Waals surface area contributed by atoms with Crippen LogP contribution in [0.5, 0.6) is 0 Å². The minimum absolute atomic E-state index is 0.0371. The molecule has 1 unspecified atom stereocenters. The summed E-state index contributed by atoms with van der Waals surface area (Å²) in [5.41, 5.74) is 0. The van der Waals surface area contributed by atoms with Crippen LogP contribution < -0.4 is 5.32 Å². The summed E-state index contributed by atoms with van der Waals surface area (Å²) in [7, 11) is 0. The molecule has 2 aromatic heterocycles. The maximum absolute atomic E-state index is 12.4. The van der Waals surface area contributed by atoms with Crippen LogP contribution in [-0.4, -0.2) is 63.2 Å². The Labute approximate surface area is 159 Å². The maximum Gasteiger partial charge on any atom is 0.231 e. The van der Waals surface area contributed by atoms with Crippen LogP contribution in [0.2, 0.25) is 0 Å². The molecule has 4 rings (SSSR count). The lowest BCUT2D eigenvalue weighted by molar-refractivity contribution is -0.119. The first kappa shape index (κ1) is 18.2. The fourth-order valence-electron chi connectivity index (χ4n) is 3.95. The second-order valence-corrected chi connectivity index (χ2v) is 7.41. The average molecular weight is 372 g/mol. The van der Waals surface area contributed by atoms with E-state index >= 15 is 0 Å². The number of piperidine rings is 1. The number of aromatic nitrogens is 4. The third-order valence-corrected chi connectivity index (χ3v) is 5.55. The van der Waals surface area contributed by atoms with Gasteiger partial charge in [-0.05, 0) is 38.3 Å². The van der Waals surface area contributed by atoms with Crippen molar-refractivity contribution in [1.82, 2.24) is 24.5 Å². The van der Waals surface area contributed by atoms with E-state index in [0.29, 0.717) is 19.3 Å². The van der Waals surface area contributed by atoms with Crippen LogP contribution in [0.1, 0.15) is 31.7 Å².